The van der Waals surface area contributed by atoms with Gasteiger partial charge in [-0.2, -0.15) is 0 Å². The van der Waals surface area contributed by atoms with Crippen LogP contribution < -0.4 is 5.32 Å². The zero-order valence-electron chi connectivity index (χ0n) is 12.7. The highest BCUT2D eigenvalue weighted by Gasteiger charge is 2.08. The largest absolute Gasteiger partial charge is 0.367 e. The van der Waals surface area contributed by atoms with Gasteiger partial charge in [-0.15, -0.1) is 11.3 Å². The standard InChI is InChI=1S/C18H15BrN2O2S/c19-15-8-4-7-14(9-15)16-12-24-18(20-16)21-17(22)11-23-10-13-5-2-1-3-6-13/h1-9,12H,10-11H2,(H,20,21,22). The van der Waals surface area contributed by atoms with Gasteiger partial charge < -0.3 is 4.74 Å². The number of hydrogen-bond donors (Lipinski definition) is 1. The molecule has 122 valence electrons. The molecule has 0 atom stereocenters. The molecule has 0 aliphatic heterocycles. The lowest BCUT2D eigenvalue weighted by Crippen LogP contribution is -2.18. The van der Waals surface area contributed by atoms with Crippen molar-refractivity contribution in [2.24, 2.45) is 0 Å². The molecule has 0 fully saturated rings. The average Bonchev–Trinajstić information content (AvgIpc) is 3.04. The van der Waals surface area contributed by atoms with Crippen molar-refractivity contribution in [1.29, 1.82) is 0 Å². The number of anilines is 1. The van der Waals surface area contributed by atoms with Crippen molar-refractivity contribution in [3.8, 4) is 11.3 Å². The summed E-state index contributed by atoms with van der Waals surface area (Å²) < 4.78 is 6.41. The highest BCUT2D eigenvalue weighted by atomic mass is 79.9. The van der Waals surface area contributed by atoms with Crippen LogP contribution in [0.5, 0.6) is 0 Å². The molecule has 6 heteroatoms. The maximum Gasteiger partial charge on any atom is 0.252 e. The first-order valence-electron chi connectivity index (χ1n) is 7.34. The summed E-state index contributed by atoms with van der Waals surface area (Å²) in [6.07, 6.45) is 0. The van der Waals surface area contributed by atoms with Crippen LogP contribution in [0, 0.1) is 0 Å². The number of nitrogens with zero attached hydrogens (tertiary/aromatic N) is 1. The van der Waals surface area contributed by atoms with Gasteiger partial charge >= 0.3 is 0 Å². The van der Waals surface area contributed by atoms with E-state index in [1.54, 1.807) is 0 Å². The number of benzene rings is 2. The van der Waals surface area contributed by atoms with Crippen LogP contribution in [0.4, 0.5) is 5.13 Å². The van der Waals surface area contributed by atoms with Gasteiger partial charge in [0.05, 0.1) is 12.3 Å². The van der Waals surface area contributed by atoms with Crippen LogP contribution in [0.3, 0.4) is 0 Å². The number of carbonyl (C=O) groups is 1. The first kappa shape index (κ1) is 16.8. The molecule has 0 unspecified atom stereocenters. The molecule has 3 aromatic rings. The third-order valence-electron chi connectivity index (χ3n) is 3.22. The van der Waals surface area contributed by atoms with Crippen molar-refractivity contribution in [2.45, 2.75) is 6.61 Å². The van der Waals surface area contributed by atoms with Gasteiger partial charge in [0.25, 0.3) is 5.91 Å². The summed E-state index contributed by atoms with van der Waals surface area (Å²) in [5.74, 6) is -0.207. The SMILES string of the molecule is O=C(COCc1ccccc1)Nc1nc(-c2cccc(Br)c2)cs1. The van der Waals surface area contributed by atoms with E-state index >= 15 is 0 Å². The van der Waals surface area contributed by atoms with Gasteiger partial charge in [0.2, 0.25) is 0 Å². The number of halogens is 1. The van der Waals surface area contributed by atoms with E-state index in [1.165, 1.54) is 11.3 Å². The lowest BCUT2D eigenvalue weighted by molar-refractivity contribution is -0.121. The molecule has 0 bridgehead atoms. The van der Waals surface area contributed by atoms with Crippen molar-refractivity contribution >= 4 is 38.3 Å². The summed E-state index contributed by atoms with van der Waals surface area (Å²) in [5, 5.41) is 5.25. The van der Waals surface area contributed by atoms with Crippen molar-refractivity contribution in [3.63, 3.8) is 0 Å². The van der Waals surface area contributed by atoms with Crippen molar-refractivity contribution in [2.75, 3.05) is 11.9 Å². The minimum absolute atomic E-state index is 0.000687. The third-order valence-corrected chi connectivity index (χ3v) is 4.47. The van der Waals surface area contributed by atoms with E-state index in [9.17, 15) is 4.79 Å². The topological polar surface area (TPSA) is 51.2 Å². The fourth-order valence-corrected chi connectivity index (χ4v) is 3.24. The molecule has 0 aliphatic carbocycles. The first-order valence-corrected chi connectivity index (χ1v) is 9.01. The zero-order valence-corrected chi connectivity index (χ0v) is 15.1. The fourth-order valence-electron chi connectivity index (χ4n) is 2.10. The van der Waals surface area contributed by atoms with Crippen LogP contribution in [0.15, 0.2) is 64.5 Å². The van der Waals surface area contributed by atoms with Crippen LogP contribution >= 0.6 is 27.3 Å². The van der Waals surface area contributed by atoms with Crippen molar-refractivity contribution < 1.29 is 9.53 Å². The molecule has 0 aliphatic rings. The Morgan fingerprint density at radius 1 is 1.17 bits per heavy atom. The van der Waals surface area contributed by atoms with E-state index in [0.29, 0.717) is 11.7 Å². The van der Waals surface area contributed by atoms with E-state index in [-0.39, 0.29) is 12.5 Å². The van der Waals surface area contributed by atoms with E-state index in [4.69, 9.17) is 4.74 Å². The maximum atomic E-state index is 11.9. The van der Waals surface area contributed by atoms with Gasteiger partial charge in [0, 0.05) is 15.4 Å². The number of hydrogen-bond acceptors (Lipinski definition) is 4. The lowest BCUT2D eigenvalue weighted by atomic mass is 10.2. The van der Waals surface area contributed by atoms with Gasteiger partial charge in [-0.25, -0.2) is 4.98 Å². The molecule has 0 radical (unpaired) electrons. The van der Waals surface area contributed by atoms with Crippen LogP contribution in [0.1, 0.15) is 5.56 Å². The van der Waals surface area contributed by atoms with Gasteiger partial charge in [-0.3, -0.25) is 10.1 Å². The quantitative estimate of drug-likeness (QED) is 0.648. The number of aromatic nitrogens is 1. The monoisotopic (exact) mass is 402 g/mol. The minimum atomic E-state index is -0.207. The second-order valence-electron chi connectivity index (χ2n) is 5.07. The van der Waals surface area contributed by atoms with Crippen LogP contribution in [-0.2, 0) is 16.1 Å². The fraction of sp³-hybridized carbons (Fsp3) is 0.111. The Hall–Kier alpha value is -2.02. The Bertz CT molecular complexity index is 821. The number of amides is 1. The summed E-state index contributed by atoms with van der Waals surface area (Å²) in [7, 11) is 0. The molecule has 24 heavy (non-hydrogen) atoms. The lowest BCUT2D eigenvalue weighted by Gasteiger charge is -2.04. The van der Waals surface area contributed by atoms with Gasteiger partial charge in [-0.05, 0) is 17.7 Å². The van der Waals surface area contributed by atoms with Crippen LogP contribution in [0.25, 0.3) is 11.3 Å². The van der Waals surface area contributed by atoms with E-state index in [0.717, 1.165) is 21.3 Å². The normalized spacial score (nSPS) is 10.5. The molecule has 0 saturated carbocycles. The number of thiazole rings is 1. The summed E-state index contributed by atoms with van der Waals surface area (Å²) in [5.41, 5.74) is 2.87. The van der Waals surface area contributed by atoms with Gasteiger partial charge in [0.1, 0.15) is 6.61 Å². The Morgan fingerprint density at radius 2 is 2.00 bits per heavy atom. The molecule has 4 nitrogen and oxygen atoms in total. The number of carbonyl (C=O) groups excluding carboxylic acids is 1. The minimum Gasteiger partial charge on any atom is -0.367 e. The molecule has 0 saturated heterocycles. The summed E-state index contributed by atoms with van der Waals surface area (Å²) in [6.45, 7) is 0.413. The third kappa shape index (κ3) is 4.74. The molecule has 2 aromatic carbocycles. The molecule has 1 amide bonds. The Balaban J connectivity index is 1.52. The number of rotatable bonds is 6. The van der Waals surface area contributed by atoms with Crippen molar-refractivity contribution in [1.82, 2.24) is 4.98 Å². The highest BCUT2D eigenvalue weighted by Crippen LogP contribution is 2.26. The molecular formula is C18H15BrN2O2S. The summed E-state index contributed by atoms with van der Waals surface area (Å²) >= 11 is 4.84. The first-order chi connectivity index (χ1) is 11.7. The predicted octanol–water partition coefficient (Wildman–Crippen LogP) is 4.73. The summed E-state index contributed by atoms with van der Waals surface area (Å²) in [4.78, 5) is 16.4. The maximum absolute atomic E-state index is 11.9. The zero-order chi connectivity index (χ0) is 16.8. The summed E-state index contributed by atoms with van der Waals surface area (Å²) in [6, 6.07) is 17.6. The van der Waals surface area contributed by atoms with Gasteiger partial charge in [-0.1, -0.05) is 58.4 Å². The number of ether oxygens (including phenoxy) is 1. The smallest absolute Gasteiger partial charge is 0.252 e. The second-order valence-corrected chi connectivity index (χ2v) is 6.85. The Labute approximate surface area is 152 Å². The average molecular weight is 403 g/mol. The van der Waals surface area contributed by atoms with Crippen LogP contribution in [0.2, 0.25) is 0 Å². The Morgan fingerprint density at radius 3 is 2.79 bits per heavy atom. The van der Waals surface area contributed by atoms with E-state index < -0.39 is 0 Å². The molecule has 1 N–H and O–H groups in total. The highest BCUT2D eigenvalue weighted by molar-refractivity contribution is 9.10. The number of nitrogens with one attached hydrogen (secondary N) is 1. The molecule has 1 aromatic heterocycles. The van der Waals surface area contributed by atoms with Gasteiger partial charge in [0.15, 0.2) is 5.13 Å². The predicted molar refractivity (Wildman–Crippen MR) is 100.0 cm³/mol. The Kier molecular flexibility index (Phi) is 5.74. The molecular weight excluding hydrogens is 388 g/mol. The van der Waals surface area contributed by atoms with Crippen LogP contribution in [-0.4, -0.2) is 17.5 Å². The van der Waals surface area contributed by atoms with Crippen molar-refractivity contribution in [3.05, 3.63) is 70.0 Å². The van der Waals surface area contributed by atoms with E-state index in [1.807, 2.05) is 60.0 Å². The molecule has 1 heterocycles. The second kappa shape index (κ2) is 8.19. The molecule has 3 rings (SSSR count). The molecule has 0 spiro atoms. The van der Waals surface area contributed by atoms with E-state index in [2.05, 4.69) is 26.2 Å².